The number of carboxylic acids is 4. The van der Waals surface area contributed by atoms with Crippen molar-refractivity contribution in [1.29, 1.82) is 0 Å². The summed E-state index contributed by atoms with van der Waals surface area (Å²) < 4.78 is 0. The Labute approximate surface area is 261 Å². The Morgan fingerprint density at radius 1 is 0.667 bits per heavy atom. The number of hydrogen-bond acceptors (Lipinski definition) is 11. The molecule has 45 heavy (non-hydrogen) atoms. The van der Waals surface area contributed by atoms with E-state index in [-0.39, 0.29) is 31.7 Å². The second-order valence-corrected chi connectivity index (χ2v) is 10.8. The van der Waals surface area contributed by atoms with Crippen molar-refractivity contribution in [2.75, 3.05) is 18.8 Å². The van der Waals surface area contributed by atoms with Gasteiger partial charge in [-0.05, 0) is 25.7 Å². The lowest BCUT2D eigenvalue weighted by atomic mass is 10.1. The normalized spacial score (nSPS) is 20.3. The third kappa shape index (κ3) is 10.3. The number of likely N-dealkylation sites (tertiary alicyclic amines) is 2. The second-order valence-electron chi connectivity index (χ2n) is 10.5. The van der Waals surface area contributed by atoms with E-state index >= 15 is 0 Å². The summed E-state index contributed by atoms with van der Waals surface area (Å²) in [7, 11) is 0. The summed E-state index contributed by atoms with van der Waals surface area (Å²) in [6.45, 7) is 0.122. The molecular weight excluding hydrogens is 624 g/mol. The van der Waals surface area contributed by atoms with Crippen LogP contribution in [0.3, 0.4) is 0 Å². The Morgan fingerprint density at radius 3 is 1.56 bits per heavy atom. The third-order valence-electron chi connectivity index (χ3n) is 7.19. The number of rotatable bonds is 16. The van der Waals surface area contributed by atoms with Gasteiger partial charge in [-0.25, -0.2) is 4.79 Å². The van der Waals surface area contributed by atoms with Gasteiger partial charge in [0.05, 0.1) is 25.3 Å². The predicted molar refractivity (Wildman–Crippen MR) is 151 cm³/mol. The van der Waals surface area contributed by atoms with E-state index in [1.165, 1.54) is 0 Å². The molecule has 0 bridgehead atoms. The molecule has 0 aromatic carbocycles. The molecule has 2 rings (SSSR count). The highest BCUT2D eigenvalue weighted by Gasteiger charge is 2.44. The molecule has 0 aliphatic carbocycles. The molecule has 0 radical (unpaired) electrons. The zero-order chi connectivity index (χ0) is 34.0. The molecule has 2 heterocycles. The van der Waals surface area contributed by atoms with Gasteiger partial charge < -0.3 is 51.9 Å². The van der Waals surface area contributed by atoms with Crippen molar-refractivity contribution in [3.05, 3.63) is 0 Å². The van der Waals surface area contributed by atoms with Crippen LogP contribution in [0.4, 0.5) is 0 Å². The van der Waals surface area contributed by atoms with Crippen molar-refractivity contribution in [2.24, 2.45) is 5.73 Å². The standard InChI is InChI=1S/C25H36N6O13S/c26-11(10-45)20(38)27-12(7-17(32)33)21(39)28-13(8-18(34)35)22(40)29-14(9-19(36)37)23(41)30-5-1-3-15(30)24(42)31-6-2-4-16(31)25(43)44/h11-16,45H,1-10,26H2,(H,27,38)(H,28,39)(H,29,40)(H,32,33)(H,34,35)(H,36,37)(H,43,44)/t11-,12-,13-,14-,15-,16-/m0/s1. The van der Waals surface area contributed by atoms with Crippen molar-refractivity contribution in [2.45, 2.75) is 81.2 Å². The van der Waals surface area contributed by atoms with Crippen LogP contribution in [0.2, 0.25) is 0 Å². The largest absolute Gasteiger partial charge is 0.481 e. The van der Waals surface area contributed by atoms with Crippen LogP contribution in [0.1, 0.15) is 44.9 Å². The lowest BCUT2D eigenvalue weighted by Crippen LogP contribution is -2.60. The van der Waals surface area contributed by atoms with Gasteiger partial charge in [-0.3, -0.25) is 38.4 Å². The van der Waals surface area contributed by atoms with Crippen LogP contribution in [0.5, 0.6) is 0 Å². The van der Waals surface area contributed by atoms with E-state index in [1.54, 1.807) is 0 Å². The topological polar surface area (TPSA) is 303 Å². The summed E-state index contributed by atoms with van der Waals surface area (Å²) in [5.74, 6) is -11.3. The van der Waals surface area contributed by atoms with E-state index in [2.05, 4.69) is 23.3 Å². The first kappa shape index (κ1) is 36.7. The van der Waals surface area contributed by atoms with E-state index in [0.717, 1.165) is 9.80 Å². The van der Waals surface area contributed by atoms with Gasteiger partial charge in [-0.15, -0.1) is 0 Å². The van der Waals surface area contributed by atoms with Crippen LogP contribution in [0.15, 0.2) is 0 Å². The average molecular weight is 661 g/mol. The number of nitrogens with two attached hydrogens (primary N) is 1. The zero-order valence-electron chi connectivity index (χ0n) is 23.9. The average Bonchev–Trinajstić information content (AvgIpc) is 3.64. The Balaban J connectivity index is 2.26. The molecule has 5 amide bonds. The lowest BCUT2D eigenvalue weighted by molar-refractivity contribution is -0.153. The van der Waals surface area contributed by atoms with Crippen molar-refractivity contribution >= 4 is 66.0 Å². The van der Waals surface area contributed by atoms with Gasteiger partial charge in [0, 0.05) is 18.8 Å². The maximum Gasteiger partial charge on any atom is 0.326 e. The molecule has 6 atom stereocenters. The van der Waals surface area contributed by atoms with Crippen molar-refractivity contribution in [3.8, 4) is 0 Å². The molecule has 0 aromatic rings. The monoisotopic (exact) mass is 660 g/mol. The minimum Gasteiger partial charge on any atom is -0.481 e. The van der Waals surface area contributed by atoms with Gasteiger partial charge in [0.15, 0.2) is 0 Å². The highest BCUT2D eigenvalue weighted by Crippen LogP contribution is 2.26. The molecule has 2 saturated heterocycles. The maximum atomic E-state index is 13.5. The quantitative estimate of drug-likeness (QED) is 0.0717. The van der Waals surface area contributed by atoms with E-state index in [0.29, 0.717) is 12.8 Å². The summed E-state index contributed by atoms with van der Waals surface area (Å²) in [5.41, 5.74) is 5.53. The van der Waals surface area contributed by atoms with Crippen molar-refractivity contribution < 1.29 is 63.6 Å². The molecule has 9 N–H and O–H groups in total. The number of carbonyl (C=O) groups excluding carboxylic acids is 5. The highest BCUT2D eigenvalue weighted by molar-refractivity contribution is 7.80. The molecule has 2 fully saturated rings. The molecule has 0 unspecified atom stereocenters. The molecular formula is C25H36N6O13S. The van der Waals surface area contributed by atoms with Gasteiger partial charge in [0.2, 0.25) is 29.5 Å². The first-order valence-corrected chi connectivity index (χ1v) is 14.5. The summed E-state index contributed by atoms with van der Waals surface area (Å²) in [5, 5.41) is 43.5. The minimum atomic E-state index is -1.97. The molecule has 2 aliphatic rings. The molecule has 0 aromatic heterocycles. The number of amides is 5. The minimum absolute atomic E-state index is 0.0207. The Bertz CT molecular complexity index is 1220. The molecule has 0 spiro atoms. The number of nitrogens with zero attached hydrogens (tertiary/aromatic N) is 2. The zero-order valence-corrected chi connectivity index (χ0v) is 24.8. The molecule has 19 nitrogen and oxygen atoms in total. The van der Waals surface area contributed by atoms with E-state index < -0.39 is 109 Å². The van der Waals surface area contributed by atoms with Crippen LogP contribution in [0.25, 0.3) is 0 Å². The van der Waals surface area contributed by atoms with E-state index in [9.17, 15) is 58.5 Å². The van der Waals surface area contributed by atoms with Gasteiger partial charge in [-0.2, -0.15) is 12.6 Å². The van der Waals surface area contributed by atoms with Crippen LogP contribution < -0.4 is 21.7 Å². The van der Waals surface area contributed by atoms with Gasteiger partial charge in [0.25, 0.3) is 0 Å². The van der Waals surface area contributed by atoms with Gasteiger partial charge in [-0.1, -0.05) is 0 Å². The Morgan fingerprint density at radius 2 is 1.09 bits per heavy atom. The summed E-state index contributed by atoms with van der Waals surface area (Å²) in [6, 6.07) is -9.08. The Hall–Kier alpha value is -4.46. The number of carboxylic acid groups (broad SMARTS) is 4. The van der Waals surface area contributed by atoms with Crippen molar-refractivity contribution in [3.63, 3.8) is 0 Å². The Kier molecular flexibility index (Phi) is 13.5. The fourth-order valence-corrected chi connectivity index (χ4v) is 5.18. The lowest BCUT2D eigenvalue weighted by Gasteiger charge is -2.32. The molecule has 250 valence electrons. The van der Waals surface area contributed by atoms with Crippen LogP contribution in [-0.4, -0.2) is 139 Å². The number of carbonyl (C=O) groups is 9. The summed E-state index contributed by atoms with van der Waals surface area (Å²) >= 11 is 3.84. The molecule has 20 heteroatoms. The van der Waals surface area contributed by atoms with Crippen molar-refractivity contribution in [1.82, 2.24) is 25.8 Å². The van der Waals surface area contributed by atoms with E-state index in [1.807, 2.05) is 5.32 Å². The first-order chi connectivity index (χ1) is 21.1. The predicted octanol–water partition coefficient (Wildman–Crippen LogP) is -3.81. The second kappa shape index (κ2) is 16.6. The van der Waals surface area contributed by atoms with Gasteiger partial charge >= 0.3 is 23.9 Å². The fourth-order valence-electron chi connectivity index (χ4n) is 5.01. The van der Waals surface area contributed by atoms with Crippen LogP contribution >= 0.6 is 12.6 Å². The first-order valence-electron chi connectivity index (χ1n) is 13.8. The molecule has 2 aliphatic heterocycles. The SMILES string of the molecule is N[C@@H](CS)C(=O)N[C@@H](CC(=O)O)C(=O)N[C@@H](CC(=O)O)C(=O)N[C@@H](CC(=O)O)C(=O)N1CCC[C@H]1C(=O)N1CCC[C@H]1C(=O)O. The maximum absolute atomic E-state index is 13.5. The van der Waals surface area contributed by atoms with Crippen LogP contribution in [-0.2, 0) is 43.2 Å². The smallest absolute Gasteiger partial charge is 0.326 e. The number of aliphatic carboxylic acids is 4. The third-order valence-corrected chi connectivity index (χ3v) is 7.59. The molecule has 0 saturated carbocycles. The number of hydrogen-bond donors (Lipinski definition) is 9. The van der Waals surface area contributed by atoms with E-state index in [4.69, 9.17) is 10.8 Å². The van der Waals surface area contributed by atoms with Gasteiger partial charge in [0.1, 0.15) is 30.2 Å². The van der Waals surface area contributed by atoms with Crippen LogP contribution in [0, 0.1) is 0 Å². The fraction of sp³-hybridized carbons (Fsp3) is 0.640. The number of nitrogens with one attached hydrogen (secondary N) is 3. The summed E-state index contributed by atoms with van der Waals surface area (Å²) in [6.07, 6.45) is -1.98. The number of thiol groups is 1. The summed E-state index contributed by atoms with van der Waals surface area (Å²) in [4.78, 5) is 113. The highest BCUT2D eigenvalue weighted by atomic mass is 32.1.